The third-order valence-electron chi connectivity index (χ3n) is 3.77. The van der Waals surface area contributed by atoms with E-state index in [0.29, 0.717) is 22.6 Å². The highest BCUT2D eigenvalue weighted by Crippen LogP contribution is 2.49. The van der Waals surface area contributed by atoms with Gasteiger partial charge in [-0.25, -0.2) is 0 Å². The minimum atomic E-state index is -0.575. The fraction of sp³-hybridized carbons (Fsp3) is 0.105. The van der Waals surface area contributed by atoms with Crippen LogP contribution >= 0.6 is 0 Å². The number of aromatic hydroxyl groups is 2. The topological polar surface area (TPSA) is 101 Å². The number of anilines is 1. The second-order valence-electron chi connectivity index (χ2n) is 5.32. The average molecular weight is 355 g/mol. The van der Waals surface area contributed by atoms with Crippen molar-refractivity contribution in [3.63, 3.8) is 0 Å². The van der Waals surface area contributed by atoms with Crippen molar-refractivity contribution in [1.29, 1.82) is 0 Å². The van der Waals surface area contributed by atoms with Gasteiger partial charge in [-0.05, 0) is 24.3 Å². The molecule has 134 valence electrons. The van der Waals surface area contributed by atoms with Gasteiger partial charge in [0, 0.05) is 5.56 Å². The normalized spacial score (nSPS) is 10.4. The van der Waals surface area contributed by atoms with Crippen LogP contribution in [0.4, 0.5) is 5.88 Å². The zero-order chi connectivity index (χ0) is 18.7. The van der Waals surface area contributed by atoms with Crippen molar-refractivity contribution in [2.45, 2.75) is 0 Å². The molecule has 0 radical (unpaired) electrons. The Morgan fingerprint density at radius 1 is 0.962 bits per heavy atom. The van der Waals surface area contributed by atoms with Gasteiger partial charge in [-0.15, -0.1) is 0 Å². The van der Waals surface area contributed by atoms with E-state index < -0.39 is 17.4 Å². The van der Waals surface area contributed by atoms with E-state index in [1.807, 2.05) is 0 Å². The Labute approximate surface area is 149 Å². The van der Waals surface area contributed by atoms with Crippen molar-refractivity contribution in [3.05, 3.63) is 54.1 Å². The number of hydrogen-bond donors (Lipinski definition) is 3. The lowest BCUT2D eigenvalue weighted by Gasteiger charge is -2.10. The maximum absolute atomic E-state index is 12.2. The van der Waals surface area contributed by atoms with E-state index in [1.54, 1.807) is 48.5 Å². The lowest BCUT2D eigenvalue weighted by atomic mass is 10.1. The predicted molar refractivity (Wildman–Crippen MR) is 95.0 cm³/mol. The summed E-state index contributed by atoms with van der Waals surface area (Å²) in [5, 5.41) is 22.8. The summed E-state index contributed by atoms with van der Waals surface area (Å²) in [6.07, 6.45) is 0. The summed E-state index contributed by atoms with van der Waals surface area (Å²) < 4.78 is 16.0. The minimum Gasteiger partial charge on any atom is -0.502 e. The van der Waals surface area contributed by atoms with Gasteiger partial charge in [0.05, 0.1) is 19.8 Å². The quantitative estimate of drug-likeness (QED) is 0.646. The Balaban J connectivity index is 2.00. The Kier molecular flexibility index (Phi) is 4.70. The van der Waals surface area contributed by atoms with Crippen LogP contribution in [0.3, 0.4) is 0 Å². The standard InChI is InChI=1S/C19H17NO6/c1-24-13-10-6-9-12(16(13)25-2)17-14(21)15(22)19(26-17)20-18(23)11-7-4-3-5-8-11/h3-10,21-22H,1-2H3,(H,20,23). The van der Waals surface area contributed by atoms with Crippen LogP contribution in [0.2, 0.25) is 0 Å². The molecular formula is C19H17NO6. The molecule has 0 aliphatic rings. The van der Waals surface area contributed by atoms with Gasteiger partial charge in [0.25, 0.3) is 5.91 Å². The van der Waals surface area contributed by atoms with Crippen LogP contribution in [0, 0.1) is 0 Å². The molecule has 0 unspecified atom stereocenters. The fourth-order valence-corrected chi connectivity index (χ4v) is 2.51. The van der Waals surface area contributed by atoms with Crippen LogP contribution in [0.5, 0.6) is 23.0 Å². The summed E-state index contributed by atoms with van der Waals surface area (Å²) >= 11 is 0. The first-order chi connectivity index (χ1) is 12.6. The monoisotopic (exact) mass is 355 g/mol. The van der Waals surface area contributed by atoms with Gasteiger partial charge in [-0.3, -0.25) is 10.1 Å². The number of nitrogens with one attached hydrogen (secondary N) is 1. The summed E-state index contributed by atoms with van der Waals surface area (Å²) in [6, 6.07) is 13.4. The molecule has 0 saturated carbocycles. The average Bonchev–Trinajstić information content (AvgIpc) is 2.96. The Bertz CT molecular complexity index is 933. The maximum Gasteiger partial charge on any atom is 0.258 e. The van der Waals surface area contributed by atoms with Crippen molar-refractivity contribution >= 4 is 11.8 Å². The van der Waals surface area contributed by atoms with Gasteiger partial charge in [-0.1, -0.05) is 24.3 Å². The summed E-state index contributed by atoms with van der Waals surface area (Å²) in [5.74, 6) is -1.15. The number of para-hydroxylation sites is 1. The Morgan fingerprint density at radius 2 is 1.69 bits per heavy atom. The van der Waals surface area contributed by atoms with Crippen LogP contribution < -0.4 is 14.8 Å². The fourth-order valence-electron chi connectivity index (χ4n) is 2.51. The first-order valence-corrected chi connectivity index (χ1v) is 7.69. The summed E-state index contributed by atoms with van der Waals surface area (Å²) in [4.78, 5) is 12.2. The third kappa shape index (κ3) is 3.02. The molecule has 0 aliphatic heterocycles. The van der Waals surface area contributed by atoms with Crippen molar-refractivity contribution < 1.29 is 28.9 Å². The second-order valence-corrected chi connectivity index (χ2v) is 5.32. The molecule has 0 spiro atoms. The molecule has 0 bridgehead atoms. The number of benzene rings is 2. The van der Waals surface area contributed by atoms with Crippen LogP contribution in [-0.4, -0.2) is 30.3 Å². The highest BCUT2D eigenvalue weighted by Gasteiger charge is 2.25. The van der Waals surface area contributed by atoms with Gasteiger partial charge < -0.3 is 24.1 Å². The summed E-state index contributed by atoms with van der Waals surface area (Å²) in [5.41, 5.74) is 0.739. The molecule has 3 aromatic rings. The summed E-state index contributed by atoms with van der Waals surface area (Å²) in [6.45, 7) is 0. The molecule has 7 nitrogen and oxygen atoms in total. The lowest BCUT2D eigenvalue weighted by molar-refractivity contribution is 0.102. The largest absolute Gasteiger partial charge is 0.502 e. The maximum atomic E-state index is 12.2. The van der Waals surface area contributed by atoms with E-state index in [2.05, 4.69) is 5.32 Å². The van der Waals surface area contributed by atoms with Crippen molar-refractivity contribution in [3.8, 4) is 34.3 Å². The van der Waals surface area contributed by atoms with Crippen LogP contribution in [0.1, 0.15) is 10.4 Å². The van der Waals surface area contributed by atoms with E-state index in [-0.39, 0.29) is 11.6 Å². The lowest BCUT2D eigenvalue weighted by Crippen LogP contribution is -2.11. The molecule has 1 amide bonds. The second kappa shape index (κ2) is 7.10. The number of hydrogen-bond acceptors (Lipinski definition) is 6. The number of carbonyl (C=O) groups excluding carboxylic acids is 1. The molecule has 3 N–H and O–H groups in total. The number of furan rings is 1. The van der Waals surface area contributed by atoms with E-state index in [9.17, 15) is 15.0 Å². The van der Waals surface area contributed by atoms with Crippen molar-refractivity contribution in [2.24, 2.45) is 0 Å². The first-order valence-electron chi connectivity index (χ1n) is 7.69. The molecule has 0 atom stereocenters. The predicted octanol–water partition coefficient (Wildman–Crippen LogP) is 3.63. The van der Waals surface area contributed by atoms with E-state index in [0.717, 1.165) is 0 Å². The van der Waals surface area contributed by atoms with E-state index >= 15 is 0 Å². The van der Waals surface area contributed by atoms with Crippen molar-refractivity contribution in [2.75, 3.05) is 19.5 Å². The molecule has 2 aromatic carbocycles. The Hall–Kier alpha value is -3.61. The van der Waals surface area contributed by atoms with Gasteiger partial charge in [0.2, 0.25) is 17.4 Å². The highest BCUT2D eigenvalue weighted by atomic mass is 16.5. The SMILES string of the molecule is COc1cccc(-c2oc(NC(=O)c3ccccc3)c(O)c2O)c1OC. The minimum absolute atomic E-state index is 0.0541. The molecule has 7 heteroatoms. The molecule has 0 aliphatic carbocycles. The first kappa shape index (κ1) is 17.2. The highest BCUT2D eigenvalue weighted by molar-refractivity contribution is 6.04. The molecular weight excluding hydrogens is 338 g/mol. The number of rotatable bonds is 5. The smallest absolute Gasteiger partial charge is 0.258 e. The van der Waals surface area contributed by atoms with E-state index in [4.69, 9.17) is 13.9 Å². The van der Waals surface area contributed by atoms with Crippen LogP contribution in [-0.2, 0) is 0 Å². The number of carbonyl (C=O) groups is 1. The van der Waals surface area contributed by atoms with Gasteiger partial charge >= 0.3 is 0 Å². The number of methoxy groups -OCH3 is 2. The molecule has 0 fully saturated rings. The molecule has 1 heterocycles. The van der Waals surface area contributed by atoms with Crippen LogP contribution in [0.25, 0.3) is 11.3 Å². The van der Waals surface area contributed by atoms with Crippen molar-refractivity contribution in [1.82, 2.24) is 0 Å². The third-order valence-corrected chi connectivity index (χ3v) is 3.77. The van der Waals surface area contributed by atoms with E-state index in [1.165, 1.54) is 14.2 Å². The molecule has 26 heavy (non-hydrogen) atoms. The van der Waals surface area contributed by atoms with Gasteiger partial charge in [0.1, 0.15) is 0 Å². The zero-order valence-electron chi connectivity index (χ0n) is 14.1. The molecule has 1 aromatic heterocycles. The zero-order valence-corrected chi connectivity index (χ0v) is 14.1. The van der Waals surface area contributed by atoms with Crippen LogP contribution in [0.15, 0.2) is 52.9 Å². The molecule has 0 saturated heterocycles. The number of ether oxygens (including phenoxy) is 2. The summed E-state index contributed by atoms with van der Waals surface area (Å²) in [7, 11) is 2.92. The van der Waals surface area contributed by atoms with Gasteiger partial charge in [0.15, 0.2) is 17.3 Å². The number of amides is 1. The Morgan fingerprint density at radius 3 is 2.35 bits per heavy atom. The molecule has 3 rings (SSSR count). The van der Waals surface area contributed by atoms with Gasteiger partial charge in [-0.2, -0.15) is 0 Å².